The van der Waals surface area contributed by atoms with E-state index in [9.17, 15) is 18.0 Å². The molecule has 8 heteroatoms. The Morgan fingerprint density at radius 2 is 2.11 bits per heavy atom. The van der Waals surface area contributed by atoms with Crippen LogP contribution in [0.25, 0.3) is 0 Å². The Hall–Kier alpha value is -1.57. The summed E-state index contributed by atoms with van der Waals surface area (Å²) in [6, 6.07) is 0. The van der Waals surface area contributed by atoms with Crippen LogP contribution in [0.1, 0.15) is 35.5 Å². The topological polar surface area (TPSA) is 72.6 Å². The van der Waals surface area contributed by atoms with Crippen molar-refractivity contribution in [2.75, 3.05) is 13.2 Å². The minimum Gasteiger partial charge on any atom is -0.475 e. The number of carbonyl (C=O) groups is 1. The minimum atomic E-state index is -4.85. The molecule has 1 N–H and O–H groups in total. The van der Waals surface area contributed by atoms with Gasteiger partial charge < -0.3 is 14.3 Å². The second-order valence-corrected chi connectivity index (χ2v) is 3.45. The lowest BCUT2D eigenvalue weighted by molar-refractivity contribution is -0.141. The number of ether oxygens (including phenoxy) is 1. The first-order chi connectivity index (χ1) is 8.36. The van der Waals surface area contributed by atoms with Gasteiger partial charge in [-0.2, -0.15) is 13.2 Å². The van der Waals surface area contributed by atoms with Gasteiger partial charge in [-0.3, -0.25) is 0 Å². The van der Waals surface area contributed by atoms with Crippen LogP contribution in [-0.2, 0) is 17.3 Å². The monoisotopic (exact) mass is 267 g/mol. The molecule has 1 heterocycles. The molecule has 102 valence electrons. The molecule has 0 atom stereocenters. The number of carboxylic acids is 1. The summed E-state index contributed by atoms with van der Waals surface area (Å²) in [6.45, 7) is 2.48. The summed E-state index contributed by atoms with van der Waals surface area (Å²) in [5, 5.41) is 8.59. The summed E-state index contributed by atoms with van der Waals surface area (Å²) in [7, 11) is 0. The lowest BCUT2D eigenvalue weighted by Gasteiger charge is -2.00. The fourth-order valence-electron chi connectivity index (χ4n) is 1.21. The van der Waals surface area contributed by atoms with Crippen molar-refractivity contribution in [3.8, 4) is 0 Å². The van der Waals surface area contributed by atoms with Gasteiger partial charge in [0, 0.05) is 13.0 Å². The highest BCUT2D eigenvalue weighted by Gasteiger charge is 2.41. The number of alkyl halides is 3. The molecular formula is C10H12F3NO4. The molecule has 0 bridgehead atoms. The van der Waals surface area contributed by atoms with Gasteiger partial charge in [-0.1, -0.05) is 6.92 Å². The van der Waals surface area contributed by atoms with Crippen molar-refractivity contribution in [2.24, 2.45) is 0 Å². The van der Waals surface area contributed by atoms with Gasteiger partial charge in [0.2, 0.25) is 5.76 Å². The zero-order valence-corrected chi connectivity index (χ0v) is 9.58. The summed E-state index contributed by atoms with van der Waals surface area (Å²) in [6.07, 6.45) is -4.07. The summed E-state index contributed by atoms with van der Waals surface area (Å²) >= 11 is 0. The second kappa shape index (κ2) is 5.85. The van der Waals surface area contributed by atoms with Crippen LogP contribution in [0.15, 0.2) is 4.42 Å². The van der Waals surface area contributed by atoms with Crippen molar-refractivity contribution < 1.29 is 32.2 Å². The Balaban J connectivity index is 2.80. The van der Waals surface area contributed by atoms with Gasteiger partial charge in [-0.15, -0.1) is 0 Å². The Bertz CT molecular complexity index is 414. The quantitative estimate of drug-likeness (QED) is 0.801. The van der Waals surface area contributed by atoms with Crippen LogP contribution >= 0.6 is 0 Å². The van der Waals surface area contributed by atoms with Crippen LogP contribution < -0.4 is 0 Å². The third kappa shape index (κ3) is 3.73. The van der Waals surface area contributed by atoms with Crippen LogP contribution in [0.3, 0.4) is 0 Å². The second-order valence-electron chi connectivity index (χ2n) is 3.45. The third-order valence-electron chi connectivity index (χ3n) is 1.94. The maximum absolute atomic E-state index is 12.4. The maximum atomic E-state index is 12.4. The van der Waals surface area contributed by atoms with E-state index in [1.54, 1.807) is 0 Å². The minimum absolute atomic E-state index is 0.00361. The van der Waals surface area contributed by atoms with Gasteiger partial charge in [-0.05, 0) is 6.42 Å². The van der Waals surface area contributed by atoms with Crippen molar-refractivity contribution in [1.29, 1.82) is 0 Å². The molecule has 0 saturated heterocycles. The molecule has 0 aliphatic rings. The molecule has 0 aliphatic carbocycles. The highest BCUT2D eigenvalue weighted by molar-refractivity contribution is 5.85. The van der Waals surface area contributed by atoms with Crippen LogP contribution in [0.5, 0.6) is 0 Å². The molecule has 1 aromatic heterocycles. The Labute approximate surface area is 101 Å². The van der Waals surface area contributed by atoms with E-state index in [1.807, 2.05) is 6.92 Å². The normalized spacial score (nSPS) is 11.8. The van der Waals surface area contributed by atoms with E-state index in [1.165, 1.54) is 0 Å². The van der Waals surface area contributed by atoms with Gasteiger partial charge in [0.1, 0.15) is 0 Å². The van der Waals surface area contributed by atoms with Gasteiger partial charge >= 0.3 is 12.1 Å². The van der Waals surface area contributed by atoms with Crippen molar-refractivity contribution in [3.05, 3.63) is 17.3 Å². The molecule has 5 nitrogen and oxygen atoms in total. The van der Waals surface area contributed by atoms with E-state index in [-0.39, 0.29) is 18.9 Å². The number of halogens is 3. The van der Waals surface area contributed by atoms with Crippen LogP contribution in [0.2, 0.25) is 0 Å². The molecule has 0 aromatic carbocycles. The van der Waals surface area contributed by atoms with Gasteiger partial charge in [0.15, 0.2) is 11.6 Å². The number of hydrogen-bond acceptors (Lipinski definition) is 4. The summed E-state index contributed by atoms with van der Waals surface area (Å²) in [4.78, 5) is 13.7. The summed E-state index contributed by atoms with van der Waals surface area (Å²) in [5.41, 5.74) is -1.51. The Morgan fingerprint density at radius 3 is 2.56 bits per heavy atom. The molecule has 0 unspecified atom stereocenters. The number of carboxylic acid groups (broad SMARTS) is 1. The number of nitrogens with zero attached hydrogens (tertiary/aromatic N) is 1. The smallest absolute Gasteiger partial charge is 0.437 e. The average molecular weight is 267 g/mol. The van der Waals surface area contributed by atoms with E-state index in [0.29, 0.717) is 6.61 Å². The van der Waals surface area contributed by atoms with E-state index < -0.39 is 23.6 Å². The SMILES string of the molecule is CCCOCCc1nc(C(F)(F)F)c(C(=O)O)o1. The summed E-state index contributed by atoms with van der Waals surface area (Å²) in [5.74, 6) is -3.28. The van der Waals surface area contributed by atoms with Crippen LogP contribution in [0.4, 0.5) is 13.2 Å². The molecule has 0 fully saturated rings. The fraction of sp³-hybridized carbons (Fsp3) is 0.600. The molecule has 1 aromatic rings. The third-order valence-corrected chi connectivity index (χ3v) is 1.94. The highest BCUT2D eigenvalue weighted by Crippen LogP contribution is 2.31. The summed E-state index contributed by atoms with van der Waals surface area (Å²) < 4.78 is 47.0. The molecule has 1 rings (SSSR count). The first-order valence-corrected chi connectivity index (χ1v) is 5.24. The molecule has 0 saturated carbocycles. The van der Waals surface area contributed by atoms with E-state index in [4.69, 9.17) is 9.84 Å². The number of oxazole rings is 1. The molecule has 0 aliphatic heterocycles. The van der Waals surface area contributed by atoms with Crippen LogP contribution in [0, 0.1) is 0 Å². The van der Waals surface area contributed by atoms with Gasteiger partial charge in [0.25, 0.3) is 0 Å². The fourth-order valence-corrected chi connectivity index (χ4v) is 1.21. The predicted molar refractivity (Wildman–Crippen MR) is 53.3 cm³/mol. The van der Waals surface area contributed by atoms with Gasteiger partial charge in [-0.25, -0.2) is 9.78 Å². The molecule has 0 amide bonds. The predicted octanol–water partition coefficient (Wildman–Crippen LogP) is 2.36. The highest BCUT2D eigenvalue weighted by atomic mass is 19.4. The first-order valence-electron chi connectivity index (χ1n) is 5.24. The molecule has 18 heavy (non-hydrogen) atoms. The standard InChI is InChI=1S/C10H12F3NO4/c1-2-4-17-5-3-6-14-8(10(11,12)13)7(18-6)9(15)16/h2-5H2,1H3,(H,15,16). The number of hydrogen-bond donors (Lipinski definition) is 1. The number of aromatic nitrogens is 1. The van der Waals surface area contributed by atoms with Crippen molar-refractivity contribution in [3.63, 3.8) is 0 Å². The molecular weight excluding hydrogens is 255 g/mol. The lowest BCUT2D eigenvalue weighted by Crippen LogP contribution is -2.11. The largest absolute Gasteiger partial charge is 0.475 e. The van der Waals surface area contributed by atoms with Crippen LogP contribution in [-0.4, -0.2) is 29.3 Å². The molecule has 0 radical (unpaired) electrons. The number of rotatable bonds is 6. The zero-order chi connectivity index (χ0) is 13.8. The van der Waals surface area contributed by atoms with Crippen molar-refractivity contribution in [1.82, 2.24) is 4.98 Å². The van der Waals surface area contributed by atoms with Gasteiger partial charge in [0.05, 0.1) is 6.61 Å². The van der Waals surface area contributed by atoms with E-state index >= 15 is 0 Å². The van der Waals surface area contributed by atoms with E-state index in [2.05, 4.69) is 9.40 Å². The average Bonchev–Trinajstić information content (AvgIpc) is 2.68. The van der Waals surface area contributed by atoms with Crippen molar-refractivity contribution >= 4 is 5.97 Å². The number of aromatic carboxylic acids is 1. The van der Waals surface area contributed by atoms with E-state index in [0.717, 1.165) is 6.42 Å². The van der Waals surface area contributed by atoms with Crippen molar-refractivity contribution in [2.45, 2.75) is 25.9 Å². The Morgan fingerprint density at radius 1 is 1.44 bits per heavy atom. The molecule has 0 spiro atoms. The first kappa shape index (κ1) is 14.5. The maximum Gasteiger partial charge on any atom is 0.437 e. The Kier molecular flexibility index (Phi) is 4.71. The lowest BCUT2D eigenvalue weighted by atomic mass is 10.3. The zero-order valence-electron chi connectivity index (χ0n) is 9.58.